The number of hydrogen-bond acceptors (Lipinski definition) is 13. The monoisotopic (exact) mass is 566 g/mol. The van der Waals surface area contributed by atoms with Gasteiger partial charge in [-0.15, -0.1) is 0 Å². The van der Waals surface area contributed by atoms with Gasteiger partial charge in [-0.1, -0.05) is 0 Å². The Morgan fingerprint density at radius 3 is 1.89 bits per heavy atom. The average molecular weight is 567 g/mol. The second-order valence-electron chi connectivity index (χ2n) is 9.05. The van der Waals surface area contributed by atoms with Crippen molar-refractivity contribution in [2.45, 2.75) is 23.3 Å². The molecule has 0 spiro atoms. The molecule has 0 saturated carbocycles. The molecule has 0 aromatic heterocycles. The Bertz CT molecular complexity index is 813. The molecule has 2 aliphatic rings. The van der Waals surface area contributed by atoms with E-state index in [1.54, 1.807) is 4.90 Å². The molecule has 2 saturated heterocycles. The fourth-order valence-corrected chi connectivity index (χ4v) is 5.49. The minimum Gasteiger partial charge on any atom is -0.395 e. The van der Waals surface area contributed by atoms with Crippen molar-refractivity contribution in [3.63, 3.8) is 0 Å². The molecule has 0 amide bonds. The molecule has 2 heterocycles. The molecular formula is C19H42N4O11S2. The lowest BCUT2D eigenvalue weighted by molar-refractivity contribution is 0.0315. The van der Waals surface area contributed by atoms with E-state index in [0.717, 1.165) is 0 Å². The van der Waals surface area contributed by atoms with E-state index < -0.39 is 62.6 Å². The highest BCUT2D eigenvalue weighted by atomic mass is 32.2. The highest BCUT2D eigenvalue weighted by Crippen LogP contribution is 2.21. The number of piperazine rings is 1. The third kappa shape index (κ3) is 12.3. The number of morpholine rings is 1. The van der Waals surface area contributed by atoms with Crippen molar-refractivity contribution in [1.82, 2.24) is 14.7 Å². The van der Waals surface area contributed by atoms with Crippen LogP contribution in [-0.4, -0.2) is 176 Å². The lowest BCUT2D eigenvalue weighted by Crippen LogP contribution is -2.60. The van der Waals surface area contributed by atoms with Crippen LogP contribution in [0.2, 0.25) is 0 Å². The number of ether oxygens (including phenoxy) is 1. The van der Waals surface area contributed by atoms with Crippen molar-refractivity contribution in [3.05, 3.63) is 0 Å². The van der Waals surface area contributed by atoms with Crippen LogP contribution in [0.25, 0.3) is 0 Å². The van der Waals surface area contributed by atoms with E-state index in [2.05, 4.69) is 4.90 Å². The van der Waals surface area contributed by atoms with Crippen molar-refractivity contribution < 1.29 is 51.1 Å². The average Bonchev–Trinajstić information content (AvgIpc) is 2.83. The number of nitrogens with zero attached hydrogens (tertiary/aromatic N) is 3. The summed E-state index contributed by atoms with van der Waals surface area (Å²) in [6.07, 6.45) is 0.220. The van der Waals surface area contributed by atoms with Crippen LogP contribution in [0.15, 0.2) is 0 Å². The molecule has 0 bridgehead atoms. The van der Waals surface area contributed by atoms with Gasteiger partial charge < -0.3 is 30.9 Å². The Kier molecular flexibility index (Phi) is 14.7. The number of nitrogens with two attached hydrogens (primary N) is 1. The van der Waals surface area contributed by atoms with Crippen LogP contribution in [0, 0.1) is 0 Å². The molecule has 2 atom stereocenters. The van der Waals surface area contributed by atoms with Gasteiger partial charge in [0, 0.05) is 51.9 Å². The molecular weight excluding hydrogens is 524 g/mol. The number of aliphatic hydroxyl groups is 4. The van der Waals surface area contributed by atoms with Crippen LogP contribution in [0.4, 0.5) is 0 Å². The fraction of sp³-hybridized carbons (Fsp3) is 1.00. The Hall–Kier alpha value is -0.540. The minimum atomic E-state index is -4.36. The van der Waals surface area contributed by atoms with Crippen LogP contribution >= 0.6 is 0 Å². The number of aliphatic hydroxyl groups excluding tert-OH is 4. The maximum atomic E-state index is 12.1. The van der Waals surface area contributed by atoms with E-state index in [0.29, 0.717) is 45.9 Å². The molecule has 36 heavy (non-hydrogen) atoms. The Labute approximate surface area is 212 Å². The third-order valence-electron chi connectivity index (χ3n) is 6.26. The number of hydrogen-bond donors (Lipinski definition) is 7. The SMILES string of the molecule is NC(CO)(CO)CO.O=S(=O)(O)CCN1CCN(CCO)C(C(CCN2CCOCC2)S(=O)(=O)O)C1. The Morgan fingerprint density at radius 2 is 1.44 bits per heavy atom. The molecule has 17 heteroatoms. The lowest BCUT2D eigenvalue weighted by atomic mass is 10.0. The predicted molar refractivity (Wildman–Crippen MR) is 131 cm³/mol. The van der Waals surface area contributed by atoms with Crippen LogP contribution in [0.3, 0.4) is 0 Å². The molecule has 0 radical (unpaired) electrons. The van der Waals surface area contributed by atoms with Crippen molar-refractivity contribution in [3.8, 4) is 0 Å². The molecule has 15 nitrogen and oxygen atoms in total. The first kappa shape index (κ1) is 33.5. The molecule has 0 aliphatic carbocycles. The summed E-state index contributed by atoms with van der Waals surface area (Å²) < 4.78 is 70.5. The summed E-state index contributed by atoms with van der Waals surface area (Å²) in [5.41, 5.74) is 3.94. The quantitative estimate of drug-likeness (QED) is 0.104. The van der Waals surface area contributed by atoms with Gasteiger partial charge in [-0.2, -0.15) is 16.8 Å². The number of rotatable bonds is 13. The van der Waals surface area contributed by atoms with Crippen molar-refractivity contribution >= 4 is 20.2 Å². The van der Waals surface area contributed by atoms with Gasteiger partial charge in [0.1, 0.15) is 5.25 Å². The van der Waals surface area contributed by atoms with Gasteiger partial charge in [0.15, 0.2) is 0 Å². The second kappa shape index (κ2) is 15.8. The lowest BCUT2D eigenvalue weighted by Gasteiger charge is -2.44. The first-order valence-corrected chi connectivity index (χ1v) is 14.8. The second-order valence-corrected chi connectivity index (χ2v) is 12.3. The van der Waals surface area contributed by atoms with E-state index in [1.165, 1.54) is 0 Å². The summed E-state index contributed by atoms with van der Waals surface area (Å²) >= 11 is 0. The van der Waals surface area contributed by atoms with Gasteiger partial charge in [0.2, 0.25) is 0 Å². The maximum Gasteiger partial charge on any atom is 0.269 e. The van der Waals surface area contributed by atoms with Crippen LogP contribution in [0.5, 0.6) is 0 Å². The smallest absolute Gasteiger partial charge is 0.269 e. The van der Waals surface area contributed by atoms with E-state index in [-0.39, 0.29) is 32.7 Å². The molecule has 2 rings (SSSR count). The van der Waals surface area contributed by atoms with Crippen LogP contribution < -0.4 is 5.73 Å². The Balaban J connectivity index is 0.000000697. The topological polar surface area (TPSA) is 235 Å². The summed E-state index contributed by atoms with van der Waals surface area (Å²) in [5.74, 6) is -0.440. The zero-order valence-electron chi connectivity index (χ0n) is 20.4. The first-order chi connectivity index (χ1) is 16.8. The van der Waals surface area contributed by atoms with E-state index in [9.17, 15) is 26.5 Å². The molecule has 2 aliphatic heterocycles. The zero-order chi connectivity index (χ0) is 27.4. The molecule has 216 valence electrons. The van der Waals surface area contributed by atoms with E-state index in [1.807, 2.05) is 4.90 Å². The zero-order valence-corrected chi connectivity index (χ0v) is 22.1. The number of β-amino-alcohol motifs (C(OH)–C–C–N with tert-alkyl or cyclic N) is 1. The summed E-state index contributed by atoms with van der Waals surface area (Å²) in [6, 6.07) is -0.585. The Morgan fingerprint density at radius 1 is 0.861 bits per heavy atom. The summed E-state index contributed by atoms with van der Waals surface area (Å²) in [7, 11) is -8.48. The van der Waals surface area contributed by atoms with Crippen molar-refractivity contribution in [2.24, 2.45) is 5.73 Å². The largest absolute Gasteiger partial charge is 0.395 e. The van der Waals surface area contributed by atoms with Gasteiger partial charge >= 0.3 is 0 Å². The molecule has 2 fully saturated rings. The third-order valence-corrected chi connectivity index (χ3v) is 8.27. The van der Waals surface area contributed by atoms with E-state index >= 15 is 0 Å². The summed E-state index contributed by atoms with van der Waals surface area (Å²) in [5, 5.41) is 33.3. The van der Waals surface area contributed by atoms with Gasteiger partial charge in [0.25, 0.3) is 20.2 Å². The van der Waals surface area contributed by atoms with E-state index in [4.69, 9.17) is 30.3 Å². The minimum absolute atomic E-state index is 0.0734. The maximum absolute atomic E-state index is 12.1. The van der Waals surface area contributed by atoms with Crippen LogP contribution in [-0.2, 0) is 25.0 Å². The predicted octanol–water partition coefficient (Wildman–Crippen LogP) is -4.51. The van der Waals surface area contributed by atoms with Gasteiger partial charge in [0.05, 0.1) is 50.9 Å². The normalized spacial score (nSPS) is 22.1. The highest BCUT2D eigenvalue weighted by molar-refractivity contribution is 7.86. The molecule has 0 aromatic rings. The highest BCUT2D eigenvalue weighted by Gasteiger charge is 2.39. The fourth-order valence-electron chi connectivity index (χ4n) is 3.94. The molecule has 2 unspecified atom stereocenters. The van der Waals surface area contributed by atoms with Gasteiger partial charge in [-0.05, 0) is 13.0 Å². The van der Waals surface area contributed by atoms with Crippen molar-refractivity contribution in [2.75, 3.05) is 97.8 Å². The van der Waals surface area contributed by atoms with Crippen molar-refractivity contribution in [1.29, 1.82) is 0 Å². The van der Waals surface area contributed by atoms with Gasteiger partial charge in [-0.3, -0.25) is 23.8 Å². The summed E-state index contributed by atoms with van der Waals surface area (Å²) in [6.45, 7) is 3.17. The van der Waals surface area contributed by atoms with Gasteiger partial charge in [-0.25, -0.2) is 0 Å². The van der Waals surface area contributed by atoms with Crippen LogP contribution in [0.1, 0.15) is 6.42 Å². The molecule has 0 aromatic carbocycles. The standard InChI is InChI=1S/C15H31N3O8S2.C4H11NO3/c19-9-5-18-4-3-17(8-12-27(20,21)22)13-14(18)15(28(23,24)25)1-2-16-6-10-26-11-7-16;5-4(1-6,2-7)3-8/h14-15,19H,1-13H2,(H,20,21,22)(H,23,24,25);6-8H,1-3,5H2. The first-order valence-electron chi connectivity index (χ1n) is 11.7. The summed E-state index contributed by atoms with van der Waals surface area (Å²) in [4.78, 5) is 5.66. The molecule has 8 N–H and O–H groups in total.